The molecule has 78 valence electrons. The van der Waals surface area contributed by atoms with Gasteiger partial charge in [-0.15, -0.1) is 20.4 Å². The molecule has 2 aliphatic rings. The summed E-state index contributed by atoms with van der Waals surface area (Å²) >= 11 is 5.73. The molecular formula is C9H9ClF2O2. The third kappa shape index (κ3) is 1.59. The van der Waals surface area contributed by atoms with Crippen molar-refractivity contribution >= 4 is 11.6 Å². The van der Waals surface area contributed by atoms with Gasteiger partial charge < -0.3 is 9.47 Å². The van der Waals surface area contributed by atoms with Crippen LogP contribution in [0.4, 0.5) is 8.78 Å². The molecule has 0 aromatic rings. The van der Waals surface area contributed by atoms with Gasteiger partial charge in [-0.1, -0.05) is 6.92 Å². The molecule has 2 rings (SSSR count). The Balaban J connectivity index is 2.28. The maximum atomic E-state index is 12.6. The van der Waals surface area contributed by atoms with Gasteiger partial charge in [0, 0.05) is 11.3 Å². The minimum atomic E-state index is -3.53. The molecule has 1 heterocycles. The van der Waals surface area contributed by atoms with E-state index in [0.717, 1.165) is 0 Å². The highest BCUT2D eigenvalue weighted by atomic mass is 35.5. The molecule has 0 amide bonds. The van der Waals surface area contributed by atoms with Gasteiger partial charge in [-0.2, -0.15) is 0 Å². The smallest absolute Gasteiger partial charge is 0.396 e. The van der Waals surface area contributed by atoms with Gasteiger partial charge in [0.25, 0.3) is 0 Å². The van der Waals surface area contributed by atoms with Crippen molar-refractivity contribution in [2.75, 3.05) is 5.88 Å². The highest BCUT2D eigenvalue weighted by molar-refractivity contribution is 6.18. The summed E-state index contributed by atoms with van der Waals surface area (Å²) in [6.07, 6.45) is 0.221. The number of rotatable bonds is 1. The second kappa shape index (κ2) is 2.86. The van der Waals surface area contributed by atoms with E-state index in [0.29, 0.717) is 12.3 Å². The van der Waals surface area contributed by atoms with Crippen molar-refractivity contribution in [1.82, 2.24) is 0 Å². The third-order valence-electron chi connectivity index (χ3n) is 2.24. The summed E-state index contributed by atoms with van der Waals surface area (Å²) in [5.41, 5.74) is -0.329. The predicted molar refractivity (Wildman–Crippen MR) is 46.7 cm³/mol. The van der Waals surface area contributed by atoms with Crippen LogP contribution in [0, 0.1) is 5.41 Å². The molecule has 1 unspecified atom stereocenters. The lowest BCUT2D eigenvalue weighted by Gasteiger charge is -2.24. The van der Waals surface area contributed by atoms with E-state index < -0.39 is 6.29 Å². The number of fused-ring (bicyclic) bond motifs is 1. The van der Waals surface area contributed by atoms with Gasteiger partial charge in [0.05, 0.1) is 0 Å². The molecule has 1 saturated heterocycles. The summed E-state index contributed by atoms with van der Waals surface area (Å²) in [6.45, 7) is 1.88. The van der Waals surface area contributed by atoms with Crippen LogP contribution in [0.3, 0.4) is 0 Å². The normalized spacial score (nSPS) is 33.7. The van der Waals surface area contributed by atoms with Crippen molar-refractivity contribution < 1.29 is 18.3 Å². The fourth-order valence-corrected chi connectivity index (χ4v) is 1.60. The van der Waals surface area contributed by atoms with Crippen LogP contribution in [0.15, 0.2) is 23.7 Å². The molecule has 0 spiro atoms. The summed E-state index contributed by atoms with van der Waals surface area (Å²) in [5.74, 6) is 0.553. The van der Waals surface area contributed by atoms with Gasteiger partial charge in [0.1, 0.15) is 0 Å². The van der Waals surface area contributed by atoms with Crippen LogP contribution in [0.5, 0.6) is 0 Å². The maximum absolute atomic E-state index is 12.6. The van der Waals surface area contributed by atoms with E-state index >= 15 is 0 Å². The van der Waals surface area contributed by atoms with E-state index in [1.807, 2.05) is 6.92 Å². The van der Waals surface area contributed by atoms with E-state index in [1.54, 1.807) is 12.2 Å². The van der Waals surface area contributed by atoms with Gasteiger partial charge in [-0.05, 0) is 18.6 Å². The molecule has 0 saturated carbocycles. The molecular weight excluding hydrogens is 214 g/mol. The van der Waals surface area contributed by atoms with Crippen LogP contribution in [0.25, 0.3) is 0 Å². The Morgan fingerprint density at radius 1 is 1.43 bits per heavy atom. The lowest BCUT2D eigenvalue weighted by molar-refractivity contribution is -0.326. The Morgan fingerprint density at radius 2 is 2.07 bits per heavy atom. The van der Waals surface area contributed by atoms with Crippen LogP contribution in [0.1, 0.15) is 13.3 Å². The Labute approximate surface area is 85.1 Å². The van der Waals surface area contributed by atoms with Gasteiger partial charge in [0.15, 0.2) is 11.5 Å². The quantitative estimate of drug-likeness (QED) is 0.635. The number of hydrogen-bond donors (Lipinski definition) is 0. The van der Waals surface area contributed by atoms with Gasteiger partial charge in [-0.25, -0.2) is 0 Å². The highest BCUT2D eigenvalue weighted by Gasteiger charge is 2.47. The first-order valence-electron chi connectivity index (χ1n) is 4.19. The molecule has 0 aromatic heterocycles. The summed E-state index contributed by atoms with van der Waals surface area (Å²) in [7, 11) is 0. The zero-order valence-corrected chi connectivity index (χ0v) is 8.28. The molecule has 1 aliphatic heterocycles. The molecule has 0 aromatic carbocycles. The summed E-state index contributed by atoms with van der Waals surface area (Å²) in [6, 6.07) is 0. The van der Waals surface area contributed by atoms with Crippen molar-refractivity contribution in [3.63, 3.8) is 0 Å². The molecule has 14 heavy (non-hydrogen) atoms. The maximum Gasteiger partial charge on any atom is 0.586 e. The minimum absolute atomic E-state index is 0.0874. The molecule has 0 N–H and O–H groups in total. The van der Waals surface area contributed by atoms with Crippen LogP contribution in [0.2, 0.25) is 0 Å². The van der Waals surface area contributed by atoms with Gasteiger partial charge in [-0.3, -0.25) is 0 Å². The third-order valence-corrected chi connectivity index (χ3v) is 2.85. The Kier molecular flexibility index (Phi) is 2.00. The lowest BCUT2D eigenvalue weighted by Crippen LogP contribution is -2.18. The Hall–Kier alpha value is -0.770. The van der Waals surface area contributed by atoms with Crippen molar-refractivity contribution in [1.29, 1.82) is 0 Å². The Bertz CT molecular complexity index is 325. The monoisotopic (exact) mass is 222 g/mol. The summed E-state index contributed by atoms with van der Waals surface area (Å²) in [5, 5.41) is 0. The summed E-state index contributed by atoms with van der Waals surface area (Å²) in [4.78, 5) is 0. The van der Waals surface area contributed by atoms with E-state index in [-0.39, 0.29) is 16.9 Å². The fourth-order valence-electron chi connectivity index (χ4n) is 1.41. The highest BCUT2D eigenvalue weighted by Crippen LogP contribution is 2.43. The molecule has 0 radical (unpaired) electrons. The second-order valence-corrected chi connectivity index (χ2v) is 4.00. The van der Waals surface area contributed by atoms with Crippen molar-refractivity contribution in [2.24, 2.45) is 5.41 Å². The average Bonchev–Trinajstić information content (AvgIpc) is 2.38. The molecule has 1 aliphatic carbocycles. The van der Waals surface area contributed by atoms with E-state index in [1.165, 1.54) is 0 Å². The van der Waals surface area contributed by atoms with E-state index in [4.69, 9.17) is 11.6 Å². The number of halogens is 3. The average molecular weight is 223 g/mol. The number of ether oxygens (including phenoxy) is 2. The Morgan fingerprint density at radius 3 is 2.71 bits per heavy atom. The van der Waals surface area contributed by atoms with Gasteiger partial charge >= 0.3 is 6.29 Å². The first-order chi connectivity index (χ1) is 6.44. The van der Waals surface area contributed by atoms with Crippen molar-refractivity contribution in [3.8, 4) is 0 Å². The largest absolute Gasteiger partial charge is 0.586 e. The first-order valence-corrected chi connectivity index (χ1v) is 4.73. The number of hydrogen-bond acceptors (Lipinski definition) is 2. The van der Waals surface area contributed by atoms with E-state index in [2.05, 4.69) is 9.47 Å². The van der Waals surface area contributed by atoms with Crippen LogP contribution >= 0.6 is 11.6 Å². The number of allylic oxidation sites excluding steroid dienone is 2. The van der Waals surface area contributed by atoms with Crippen molar-refractivity contribution in [3.05, 3.63) is 23.7 Å². The predicted octanol–water partition coefficient (Wildman–Crippen LogP) is 3.00. The molecule has 1 atom stereocenters. The molecule has 0 bridgehead atoms. The second-order valence-electron chi connectivity index (χ2n) is 3.74. The van der Waals surface area contributed by atoms with E-state index in [9.17, 15) is 8.78 Å². The SMILES string of the molecule is CC1(CCl)C=C2OC(F)(F)OC2=CC1. The lowest BCUT2D eigenvalue weighted by atomic mass is 9.85. The van der Waals surface area contributed by atoms with Crippen LogP contribution in [-0.2, 0) is 9.47 Å². The zero-order chi connectivity index (χ0) is 10.4. The number of alkyl halides is 3. The summed E-state index contributed by atoms with van der Waals surface area (Å²) < 4.78 is 33.9. The zero-order valence-electron chi connectivity index (χ0n) is 7.52. The fraction of sp³-hybridized carbons (Fsp3) is 0.556. The minimum Gasteiger partial charge on any atom is -0.396 e. The molecule has 2 nitrogen and oxygen atoms in total. The standard InChI is InChI=1S/C9H9ClF2O2/c1-8(5-10)3-2-6-7(4-8)14-9(11,12)13-6/h2,4H,3,5H2,1H3. The van der Waals surface area contributed by atoms with Crippen LogP contribution in [-0.4, -0.2) is 12.2 Å². The molecule has 5 heteroatoms. The van der Waals surface area contributed by atoms with Crippen LogP contribution < -0.4 is 0 Å². The first kappa shape index (κ1) is 9.77. The topological polar surface area (TPSA) is 18.5 Å². The molecule has 1 fully saturated rings. The van der Waals surface area contributed by atoms with Crippen molar-refractivity contribution in [2.45, 2.75) is 19.6 Å². The van der Waals surface area contributed by atoms with Gasteiger partial charge in [0.2, 0.25) is 0 Å².